The molecule has 3 aromatic carbocycles. The molecule has 60 heavy (non-hydrogen) atoms. The highest BCUT2D eigenvalue weighted by molar-refractivity contribution is 5.81. The summed E-state index contributed by atoms with van der Waals surface area (Å²) in [5, 5.41) is 19.5. The van der Waals surface area contributed by atoms with E-state index in [2.05, 4.69) is 9.47 Å². The van der Waals surface area contributed by atoms with Crippen molar-refractivity contribution in [3.8, 4) is 11.5 Å². The number of halogens is 10. The monoisotopic (exact) mass is 876 g/mol. The molecule has 0 spiro atoms. The van der Waals surface area contributed by atoms with Crippen LogP contribution in [0.3, 0.4) is 0 Å². The van der Waals surface area contributed by atoms with Crippen molar-refractivity contribution in [2.24, 2.45) is 16.2 Å². The molecule has 0 radical (unpaired) electrons. The number of carbonyl (C=O) groups excluding carboxylic acids is 5. The maximum absolute atomic E-state index is 14.1. The molecule has 0 fully saturated rings. The van der Waals surface area contributed by atoms with Crippen molar-refractivity contribution < 1.29 is 111 Å². The Labute approximate surface area is 330 Å². The van der Waals surface area contributed by atoms with Gasteiger partial charge in [-0.2, -0.15) is 17.6 Å². The predicted molar refractivity (Wildman–Crippen MR) is 173 cm³/mol. The van der Waals surface area contributed by atoms with Gasteiger partial charge in [-0.25, -0.2) is 35.9 Å². The van der Waals surface area contributed by atoms with E-state index in [1.807, 2.05) is 0 Å². The first-order chi connectivity index (χ1) is 28.0. The Hall–Kier alpha value is -6.17. The Morgan fingerprint density at radius 3 is 1.07 bits per heavy atom. The van der Waals surface area contributed by atoms with Gasteiger partial charge in [0.25, 0.3) is 0 Å². The molecule has 2 atom stereocenters. The molecule has 0 saturated carbocycles. The molecular weight excluding hydrogens is 846 g/mol. The minimum atomic E-state index is -2.57. The molecule has 0 amide bonds. The van der Waals surface area contributed by atoms with Crippen LogP contribution in [0.5, 0.6) is 11.5 Å². The molecule has 0 saturated heterocycles. The van der Waals surface area contributed by atoms with E-state index in [1.54, 1.807) is 18.2 Å². The summed E-state index contributed by atoms with van der Waals surface area (Å²) in [6.07, 6.45) is -3.48. The maximum atomic E-state index is 14.1. The first-order valence-corrected chi connectivity index (χ1v) is 16.5. The molecule has 0 bridgehead atoms. The third-order valence-electron chi connectivity index (χ3n) is 8.15. The van der Waals surface area contributed by atoms with Crippen molar-refractivity contribution >= 4 is 30.2 Å². The minimum absolute atomic E-state index is 0.399. The fraction of sp³-hybridized carbons (Fsp3) is 0.361. The maximum Gasteiger partial charge on any atom is 0.508 e. The number of aliphatic hydroxyl groups is 2. The average Bonchev–Trinajstić information content (AvgIpc) is 3.25. The fourth-order valence-electron chi connectivity index (χ4n) is 4.13. The van der Waals surface area contributed by atoms with E-state index < -0.39 is 162 Å². The molecule has 2 unspecified atom stereocenters. The number of ether oxygens (including phenoxy) is 7. The van der Waals surface area contributed by atoms with Gasteiger partial charge in [-0.05, 0) is 26.3 Å². The zero-order valence-electron chi connectivity index (χ0n) is 30.9. The van der Waals surface area contributed by atoms with Crippen LogP contribution in [0.1, 0.15) is 26.3 Å². The van der Waals surface area contributed by atoms with E-state index in [9.17, 15) is 78.1 Å². The molecule has 328 valence electrons. The van der Waals surface area contributed by atoms with E-state index in [0.717, 1.165) is 20.8 Å². The standard InChI is InChI=1S/C36H30F10O14/c1-34(10-47,30(50)59-27-23(43)19(39)17(37)20(40)24(27)44)12-55-32(52)57-14-36(3,29(49)54-9-16-7-5-4-6-8-16)15-58-33(53)56-13-35(2,11-48)31(51)60-28-25(45)21(41)18(38)22(42)26(28)46/h4-8,47-48H,9-15H2,1-3H3. The summed E-state index contributed by atoms with van der Waals surface area (Å²) in [5.41, 5.74) is -6.65. The van der Waals surface area contributed by atoms with Crippen LogP contribution >= 0.6 is 0 Å². The minimum Gasteiger partial charge on any atom is -0.460 e. The Kier molecular flexibility index (Phi) is 15.8. The summed E-state index contributed by atoms with van der Waals surface area (Å²) in [6, 6.07) is 7.87. The van der Waals surface area contributed by atoms with Gasteiger partial charge in [-0.15, -0.1) is 0 Å². The van der Waals surface area contributed by atoms with Gasteiger partial charge < -0.3 is 43.4 Å². The summed E-state index contributed by atoms with van der Waals surface area (Å²) in [5.74, 6) is -34.2. The van der Waals surface area contributed by atoms with Crippen LogP contribution in [0.2, 0.25) is 0 Å². The third kappa shape index (κ3) is 10.9. The predicted octanol–water partition coefficient (Wildman–Crippen LogP) is 5.64. The topological polar surface area (TPSA) is 190 Å². The Balaban J connectivity index is 1.70. The molecule has 2 N–H and O–H groups in total. The van der Waals surface area contributed by atoms with Crippen LogP contribution in [0.15, 0.2) is 30.3 Å². The van der Waals surface area contributed by atoms with Gasteiger partial charge in [0.15, 0.2) is 0 Å². The molecule has 0 aliphatic carbocycles. The molecule has 0 heterocycles. The number of rotatable bonds is 17. The van der Waals surface area contributed by atoms with Crippen molar-refractivity contribution in [2.75, 3.05) is 39.6 Å². The number of benzene rings is 3. The molecule has 24 heteroatoms. The van der Waals surface area contributed by atoms with Crippen LogP contribution in [0.4, 0.5) is 53.5 Å². The van der Waals surface area contributed by atoms with Crippen LogP contribution in [0.25, 0.3) is 0 Å². The lowest BCUT2D eigenvalue weighted by Gasteiger charge is -2.28. The van der Waals surface area contributed by atoms with E-state index in [-0.39, 0.29) is 0 Å². The third-order valence-corrected chi connectivity index (χ3v) is 8.15. The average molecular weight is 877 g/mol. The highest BCUT2D eigenvalue weighted by atomic mass is 19.2. The van der Waals surface area contributed by atoms with E-state index in [1.165, 1.54) is 12.1 Å². The molecular formula is C36H30F10O14. The van der Waals surface area contributed by atoms with E-state index in [4.69, 9.17) is 23.7 Å². The van der Waals surface area contributed by atoms with E-state index in [0.29, 0.717) is 5.56 Å². The van der Waals surface area contributed by atoms with Crippen molar-refractivity contribution in [3.05, 3.63) is 94.1 Å². The SMILES string of the molecule is CC(COC(=O)OCC(C)(CO)C(=O)Oc1c(F)c(F)c(F)c(F)c1F)(COC(=O)OCC(C)(CO)C(=O)Oc1c(F)c(F)c(F)c(F)c1F)C(=O)OCc1ccccc1. The summed E-state index contributed by atoms with van der Waals surface area (Å²) in [6.45, 7) is -5.17. The Bertz CT molecular complexity index is 1950. The first kappa shape index (κ1) is 48.2. The van der Waals surface area contributed by atoms with Crippen molar-refractivity contribution in [1.29, 1.82) is 0 Å². The zero-order valence-corrected chi connectivity index (χ0v) is 30.9. The second-order valence-electron chi connectivity index (χ2n) is 13.3. The molecule has 0 aliphatic rings. The molecule has 0 aromatic heterocycles. The van der Waals surface area contributed by atoms with Crippen LogP contribution in [-0.4, -0.2) is 80.1 Å². The molecule has 14 nitrogen and oxygen atoms in total. The lowest BCUT2D eigenvalue weighted by Crippen LogP contribution is -2.43. The van der Waals surface area contributed by atoms with Crippen molar-refractivity contribution in [3.63, 3.8) is 0 Å². The number of aliphatic hydroxyl groups excluding tert-OH is 2. The molecule has 3 rings (SSSR count). The Morgan fingerprint density at radius 1 is 0.450 bits per heavy atom. The van der Waals surface area contributed by atoms with Gasteiger partial charge in [0.1, 0.15) is 49.3 Å². The normalized spacial score (nSPS) is 14.1. The number of esters is 3. The lowest BCUT2D eigenvalue weighted by atomic mass is 9.93. The first-order valence-electron chi connectivity index (χ1n) is 16.5. The van der Waals surface area contributed by atoms with Gasteiger partial charge in [-0.3, -0.25) is 14.4 Å². The van der Waals surface area contributed by atoms with Gasteiger partial charge in [0, 0.05) is 0 Å². The number of hydrogen-bond acceptors (Lipinski definition) is 14. The fourth-order valence-corrected chi connectivity index (χ4v) is 4.13. The van der Waals surface area contributed by atoms with Crippen LogP contribution < -0.4 is 9.47 Å². The molecule has 0 aliphatic heterocycles. The Morgan fingerprint density at radius 2 is 0.750 bits per heavy atom. The highest BCUT2D eigenvalue weighted by Gasteiger charge is 2.43. The summed E-state index contributed by atoms with van der Waals surface area (Å²) in [4.78, 5) is 63.6. The van der Waals surface area contributed by atoms with Crippen LogP contribution in [-0.2, 0) is 44.7 Å². The number of carbonyl (C=O) groups is 5. The lowest BCUT2D eigenvalue weighted by molar-refractivity contribution is -0.162. The summed E-state index contributed by atoms with van der Waals surface area (Å²) in [7, 11) is 0. The van der Waals surface area contributed by atoms with Gasteiger partial charge in [-0.1, -0.05) is 30.3 Å². The molecule has 3 aromatic rings. The van der Waals surface area contributed by atoms with Crippen molar-refractivity contribution in [2.45, 2.75) is 27.4 Å². The van der Waals surface area contributed by atoms with Crippen LogP contribution in [0, 0.1) is 74.4 Å². The zero-order chi connectivity index (χ0) is 45.3. The highest BCUT2D eigenvalue weighted by Crippen LogP contribution is 2.33. The summed E-state index contributed by atoms with van der Waals surface area (Å²) < 4.78 is 170. The second kappa shape index (κ2) is 19.7. The smallest absolute Gasteiger partial charge is 0.460 e. The largest absolute Gasteiger partial charge is 0.508 e. The van der Waals surface area contributed by atoms with Gasteiger partial charge in [0.05, 0.1) is 13.2 Å². The quantitative estimate of drug-likeness (QED) is 0.0423. The summed E-state index contributed by atoms with van der Waals surface area (Å²) >= 11 is 0. The van der Waals surface area contributed by atoms with Crippen molar-refractivity contribution in [1.82, 2.24) is 0 Å². The van der Waals surface area contributed by atoms with Gasteiger partial charge >= 0.3 is 30.2 Å². The number of hydrogen-bond donors (Lipinski definition) is 2. The second-order valence-corrected chi connectivity index (χ2v) is 13.3. The van der Waals surface area contributed by atoms with E-state index >= 15 is 0 Å². The van der Waals surface area contributed by atoms with Gasteiger partial charge in [0.2, 0.25) is 69.7 Å².